The molecule has 1 saturated carbocycles. The maximum atomic E-state index is 13.3. The zero-order valence-corrected chi connectivity index (χ0v) is 24.2. The molecule has 5 rings (SSSR count). The van der Waals surface area contributed by atoms with E-state index in [1.807, 2.05) is 6.07 Å². The smallest absolute Gasteiger partial charge is 0.303 e. The Balaban J connectivity index is 1.30. The van der Waals surface area contributed by atoms with Gasteiger partial charge in [-0.05, 0) is 114 Å². The summed E-state index contributed by atoms with van der Waals surface area (Å²) in [4.78, 5) is 26.4. The van der Waals surface area contributed by atoms with E-state index < -0.39 is 5.97 Å². The maximum Gasteiger partial charge on any atom is 0.303 e. The number of nitrogens with one attached hydrogen (secondary N) is 1. The minimum Gasteiger partial charge on any atom is -0.481 e. The first-order valence-corrected chi connectivity index (χ1v) is 15.1. The Morgan fingerprint density at radius 1 is 1.06 bits per heavy atom. The van der Waals surface area contributed by atoms with Gasteiger partial charge in [-0.25, -0.2) is 0 Å². The minimum absolute atomic E-state index is 0.0542. The van der Waals surface area contributed by atoms with Crippen LogP contribution in [0.3, 0.4) is 0 Å². The molecule has 0 radical (unpaired) electrons. The lowest BCUT2D eigenvalue weighted by atomic mass is 9.73. The molecule has 2 unspecified atom stereocenters. The van der Waals surface area contributed by atoms with Gasteiger partial charge in [-0.3, -0.25) is 9.59 Å². The number of amides is 1. The molecule has 0 spiro atoms. The molecular weight excluding hydrogens is 608 g/mol. The Morgan fingerprint density at radius 3 is 2.47 bits per heavy atom. The monoisotopic (exact) mass is 638 g/mol. The second-order valence-corrected chi connectivity index (χ2v) is 13.1. The largest absolute Gasteiger partial charge is 0.481 e. The first kappa shape index (κ1) is 26.3. The SMILES string of the molecule is O=C(O)CC1CCC(C(=O)N2CCC(C3c4c(Br)cc(Cl)cc4CCC4=CC(Br)=CNC43)CC2)CC1. The first-order chi connectivity index (χ1) is 17.3. The van der Waals surface area contributed by atoms with Crippen molar-refractivity contribution in [2.24, 2.45) is 17.8 Å². The van der Waals surface area contributed by atoms with E-state index in [9.17, 15) is 9.59 Å². The van der Waals surface area contributed by atoms with Crippen LogP contribution in [0.4, 0.5) is 0 Å². The molecule has 2 heterocycles. The highest BCUT2D eigenvalue weighted by molar-refractivity contribution is 9.12. The number of carboxylic acid groups (broad SMARTS) is 1. The Hall–Kier alpha value is -1.31. The summed E-state index contributed by atoms with van der Waals surface area (Å²) in [5, 5.41) is 13.5. The molecule has 1 amide bonds. The first-order valence-electron chi connectivity index (χ1n) is 13.1. The van der Waals surface area contributed by atoms with E-state index in [0.29, 0.717) is 11.8 Å². The highest BCUT2D eigenvalue weighted by Gasteiger charge is 2.41. The number of aryl methyl sites for hydroxylation is 1. The van der Waals surface area contributed by atoms with Crippen LogP contribution in [0.2, 0.25) is 5.02 Å². The van der Waals surface area contributed by atoms with Crippen LogP contribution in [-0.2, 0) is 16.0 Å². The normalized spacial score (nSPS) is 28.7. The van der Waals surface area contributed by atoms with E-state index in [0.717, 1.165) is 78.4 Å². The van der Waals surface area contributed by atoms with Gasteiger partial charge in [0.25, 0.3) is 0 Å². The lowest BCUT2D eigenvalue weighted by Gasteiger charge is -2.42. The molecule has 2 fully saturated rings. The Bertz CT molecular complexity index is 1090. The summed E-state index contributed by atoms with van der Waals surface area (Å²) < 4.78 is 2.16. The number of carbonyl (C=O) groups is 2. The fourth-order valence-corrected chi connectivity index (χ4v) is 8.48. The molecule has 8 heteroatoms. The van der Waals surface area contributed by atoms with Crippen molar-refractivity contribution >= 4 is 55.3 Å². The van der Waals surface area contributed by atoms with Gasteiger partial charge < -0.3 is 15.3 Å². The molecule has 0 bridgehead atoms. The molecule has 0 aromatic heterocycles. The third-order valence-electron chi connectivity index (χ3n) is 8.70. The molecule has 36 heavy (non-hydrogen) atoms. The number of likely N-dealkylation sites (tertiary alicyclic amines) is 1. The second kappa shape index (κ2) is 11.2. The summed E-state index contributed by atoms with van der Waals surface area (Å²) in [6.07, 6.45) is 11.8. The molecule has 4 aliphatic rings. The van der Waals surface area contributed by atoms with Gasteiger partial charge in [0.15, 0.2) is 0 Å². The van der Waals surface area contributed by atoms with Crippen LogP contribution in [0, 0.1) is 17.8 Å². The van der Waals surface area contributed by atoms with E-state index in [4.69, 9.17) is 16.7 Å². The van der Waals surface area contributed by atoms with Gasteiger partial charge in [0.2, 0.25) is 5.91 Å². The summed E-state index contributed by atoms with van der Waals surface area (Å²) in [7, 11) is 0. The van der Waals surface area contributed by atoms with Gasteiger partial charge >= 0.3 is 5.97 Å². The van der Waals surface area contributed by atoms with E-state index in [1.165, 1.54) is 16.7 Å². The van der Waals surface area contributed by atoms with Crippen LogP contribution in [0.25, 0.3) is 0 Å². The number of aliphatic carboxylic acids is 1. The number of carbonyl (C=O) groups excluding carboxylic acids is 1. The van der Waals surface area contributed by atoms with E-state index in [1.54, 1.807) is 0 Å². The predicted octanol–water partition coefficient (Wildman–Crippen LogP) is 6.79. The molecule has 2 atom stereocenters. The van der Waals surface area contributed by atoms with Crippen LogP contribution in [0.5, 0.6) is 0 Å². The zero-order valence-electron chi connectivity index (χ0n) is 20.3. The number of benzene rings is 1. The summed E-state index contributed by atoms with van der Waals surface area (Å²) in [5.41, 5.74) is 4.11. The number of piperidine rings is 1. The van der Waals surface area contributed by atoms with Crippen LogP contribution in [0.1, 0.15) is 68.4 Å². The molecule has 5 nitrogen and oxygen atoms in total. The molecule has 2 N–H and O–H groups in total. The van der Waals surface area contributed by atoms with Gasteiger partial charge in [-0.2, -0.15) is 0 Å². The Labute approximate surface area is 235 Å². The Morgan fingerprint density at radius 2 is 1.78 bits per heavy atom. The zero-order chi connectivity index (χ0) is 25.4. The highest BCUT2D eigenvalue weighted by atomic mass is 79.9. The number of halogens is 3. The van der Waals surface area contributed by atoms with Gasteiger partial charge in [0, 0.05) is 51.5 Å². The number of hydrogen-bond donors (Lipinski definition) is 2. The van der Waals surface area contributed by atoms with Crippen LogP contribution < -0.4 is 5.32 Å². The summed E-state index contributed by atoms with van der Waals surface area (Å²) in [6, 6.07) is 4.39. The number of fused-ring (bicyclic) bond motifs is 2. The van der Waals surface area contributed by atoms with Crippen LogP contribution >= 0.6 is 43.5 Å². The topological polar surface area (TPSA) is 69.6 Å². The van der Waals surface area contributed by atoms with Crippen molar-refractivity contribution in [2.45, 2.75) is 69.7 Å². The fraction of sp³-hybridized carbons (Fsp3) is 0.571. The standard InChI is InChI=1S/C28H33Br2ClN2O3/c29-21-12-20-6-5-19-13-22(31)14-23(30)25(19)26(27(20)32-15-21)17-7-9-33(10-8-17)28(36)18-3-1-16(2-4-18)11-24(34)35/h12-18,26-27,32H,1-11H2,(H,34,35). The van der Waals surface area contributed by atoms with Crippen molar-refractivity contribution in [2.75, 3.05) is 13.1 Å². The molecule has 2 aliphatic carbocycles. The van der Waals surface area contributed by atoms with Crippen LogP contribution in [-0.4, -0.2) is 41.0 Å². The number of rotatable bonds is 4. The highest BCUT2D eigenvalue weighted by Crippen LogP contribution is 2.47. The van der Waals surface area contributed by atoms with E-state index in [-0.39, 0.29) is 30.2 Å². The number of carboxylic acids is 1. The molecule has 2 aliphatic heterocycles. The van der Waals surface area contributed by atoms with Crippen LogP contribution in [0.15, 0.2) is 38.9 Å². The third-order valence-corrected chi connectivity index (χ3v) is 10.0. The number of dihydropyridines is 1. The van der Waals surface area contributed by atoms with Crippen molar-refractivity contribution in [3.05, 3.63) is 55.1 Å². The van der Waals surface area contributed by atoms with Crippen molar-refractivity contribution < 1.29 is 14.7 Å². The molecular formula is C28H33Br2ClN2O3. The summed E-state index contributed by atoms with van der Waals surface area (Å²) >= 11 is 14.0. The molecule has 1 saturated heterocycles. The lowest BCUT2D eigenvalue weighted by Crippen LogP contribution is -2.46. The Kier molecular flexibility index (Phi) is 8.19. The van der Waals surface area contributed by atoms with E-state index in [2.05, 4.69) is 60.4 Å². The summed E-state index contributed by atoms with van der Waals surface area (Å²) in [6.45, 7) is 1.59. The fourth-order valence-electron chi connectivity index (χ4n) is 6.92. The van der Waals surface area contributed by atoms with Gasteiger partial charge in [0.1, 0.15) is 0 Å². The number of nitrogens with zero attached hydrogens (tertiary/aromatic N) is 1. The van der Waals surface area contributed by atoms with Crippen molar-refractivity contribution in [3.63, 3.8) is 0 Å². The average Bonchev–Trinajstić information content (AvgIpc) is 3.00. The third kappa shape index (κ3) is 5.58. The second-order valence-electron chi connectivity index (χ2n) is 10.9. The number of hydrogen-bond acceptors (Lipinski definition) is 3. The molecule has 1 aromatic rings. The molecule has 1 aromatic carbocycles. The molecule has 194 valence electrons. The quantitative estimate of drug-likeness (QED) is 0.381. The van der Waals surface area contributed by atoms with Crippen molar-refractivity contribution in [1.29, 1.82) is 0 Å². The number of allylic oxidation sites excluding steroid dienone is 2. The minimum atomic E-state index is -0.728. The van der Waals surface area contributed by atoms with Crippen molar-refractivity contribution in [3.8, 4) is 0 Å². The van der Waals surface area contributed by atoms with E-state index >= 15 is 0 Å². The van der Waals surface area contributed by atoms with Gasteiger partial charge in [0.05, 0.1) is 6.04 Å². The average molecular weight is 641 g/mol. The predicted molar refractivity (Wildman–Crippen MR) is 149 cm³/mol. The summed E-state index contributed by atoms with van der Waals surface area (Å²) in [5.74, 6) is 0.591. The lowest BCUT2D eigenvalue weighted by molar-refractivity contribution is -0.139. The van der Waals surface area contributed by atoms with Gasteiger partial charge in [-0.1, -0.05) is 27.5 Å². The van der Waals surface area contributed by atoms with Crippen molar-refractivity contribution in [1.82, 2.24) is 10.2 Å². The maximum absolute atomic E-state index is 13.3. The van der Waals surface area contributed by atoms with Gasteiger partial charge in [-0.15, -0.1) is 0 Å².